The van der Waals surface area contributed by atoms with E-state index in [9.17, 15) is 23.5 Å². The van der Waals surface area contributed by atoms with Crippen LogP contribution in [0.5, 0.6) is 0 Å². The summed E-state index contributed by atoms with van der Waals surface area (Å²) in [7, 11) is 0. The van der Waals surface area contributed by atoms with Crippen LogP contribution in [0.3, 0.4) is 0 Å². The molecule has 0 aliphatic carbocycles. The van der Waals surface area contributed by atoms with E-state index in [1.165, 1.54) is 6.07 Å². The first-order chi connectivity index (χ1) is 12.4. The fraction of sp³-hybridized carbons (Fsp3) is 0.353. The number of carboxylic acid groups (broad SMARTS) is 1. The molecular formula is C17H17F2N3O3S. The highest BCUT2D eigenvalue weighted by molar-refractivity contribution is 7.14. The van der Waals surface area contributed by atoms with Crippen LogP contribution < -0.4 is 5.32 Å². The van der Waals surface area contributed by atoms with Gasteiger partial charge in [0.1, 0.15) is 6.04 Å². The van der Waals surface area contributed by atoms with E-state index in [4.69, 9.17) is 0 Å². The molecule has 138 valence electrons. The van der Waals surface area contributed by atoms with Gasteiger partial charge in [-0.25, -0.2) is 13.8 Å². The summed E-state index contributed by atoms with van der Waals surface area (Å²) in [6, 6.07) is 2.82. The number of carbonyl (C=O) groups is 2. The summed E-state index contributed by atoms with van der Waals surface area (Å²) in [5.74, 6) is -3.19. The number of rotatable bonds is 5. The normalized spacial score (nSPS) is 17.8. The van der Waals surface area contributed by atoms with Crippen molar-refractivity contribution in [1.29, 1.82) is 0 Å². The summed E-state index contributed by atoms with van der Waals surface area (Å²) < 4.78 is 26.3. The van der Waals surface area contributed by atoms with Crippen molar-refractivity contribution in [1.82, 2.24) is 9.88 Å². The topological polar surface area (TPSA) is 82.5 Å². The van der Waals surface area contributed by atoms with Crippen LogP contribution in [0.15, 0.2) is 23.6 Å². The van der Waals surface area contributed by atoms with E-state index in [-0.39, 0.29) is 12.5 Å². The first kappa shape index (κ1) is 18.4. The molecule has 6 nitrogen and oxygen atoms in total. The van der Waals surface area contributed by atoms with Crippen LogP contribution in [-0.2, 0) is 9.59 Å². The van der Waals surface area contributed by atoms with E-state index in [2.05, 4.69) is 10.3 Å². The van der Waals surface area contributed by atoms with Crippen LogP contribution in [0.1, 0.15) is 19.3 Å². The molecule has 3 rings (SSSR count). The minimum absolute atomic E-state index is 0.0307. The van der Waals surface area contributed by atoms with Crippen LogP contribution in [0, 0.1) is 11.6 Å². The Morgan fingerprint density at radius 1 is 1.31 bits per heavy atom. The van der Waals surface area contributed by atoms with Crippen molar-refractivity contribution < 1.29 is 23.5 Å². The highest BCUT2D eigenvalue weighted by atomic mass is 32.1. The first-order valence-corrected chi connectivity index (χ1v) is 8.99. The van der Waals surface area contributed by atoms with Gasteiger partial charge in [-0.05, 0) is 37.6 Å². The Labute approximate surface area is 152 Å². The van der Waals surface area contributed by atoms with Crippen LogP contribution in [0.4, 0.5) is 13.9 Å². The molecule has 0 saturated carbocycles. The largest absolute Gasteiger partial charge is 0.480 e. The zero-order valence-corrected chi connectivity index (χ0v) is 14.6. The van der Waals surface area contributed by atoms with Crippen molar-refractivity contribution in [3.63, 3.8) is 0 Å². The smallest absolute Gasteiger partial charge is 0.320 e. The van der Waals surface area contributed by atoms with E-state index < -0.39 is 23.6 Å². The van der Waals surface area contributed by atoms with Gasteiger partial charge in [-0.1, -0.05) is 6.42 Å². The maximum atomic E-state index is 13.3. The van der Waals surface area contributed by atoms with E-state index in [0.29, 0.717) is 29.4 Å². The van der Waals surface area contributed by atoms with Crippen LogP contribution in [0.25, 0.3) is 11.3 Å². The van der Waals surface area contributed by atoms with E-state index in [1.54, 1.807) is 10.3 Å². The number of hydrogen-bond donors (Lipinski definition) is 2. The lowest BCUT2D eigenvalue weighted by Crippen LogP contribution is -2.47. The number of benzene rings is 1. The van der Waals surface area contributed by atoms with Gasteiger partial charge in [0.15, 0.2) is 16.8 Å². The fourth-order valence-corrected chi connectivity index (χ4v) is 3.66. The standard InChI is InChI=1S/C17H17F2N3O3S/c18-11-5-4-10(7-12(11)19)13-9-26-17(20-13)21-15(23)8-22-6-2-1-3-14(22)16(24)25/h4-5,7,9,14H,1-3,6,8H2,(H,24,25)(H,20,21,23). The highest BCUT2D eigenvalue weighted by Gasteiger charge is 2.29. The Bertz CT molecular complexity index is 827. The molecule has 1 aromatic carbocycles. The van der Waals surface area contributed by atoms with Gasteiger partial charge in [-0.15, -0.1) is 11.3 Å². The van der Waals surface area contributed by atoms with Crippen LogP contribution in [-0.4, -0.2) is 46.0 Å². The van der Waals surface area contributed by atoms with Crippen LogP contribution in [0.2, 0.25) is 0 Å². The number of carbonyl (C=O) groups excluding carboxylic acids is 1. The number of likely N-dealkylation sites (tertiary alicyclic amines) is 1. The molecule has 0 radical (unpaired) electrons. The monoisotopic (exact) mass is 381 g/mol. The number of amides is 1. The third-order valence-corrected chi connectivity index (χ3v) is 4.97. The SMILES string of the molecule is O=C(CN1CCCCC1C(=O)O)Nc1nc(-c2ccc(F)c(F)c2)cs1. The van der Waals surface area contributed by atoms with Gasteiger partial charge in [0, 0.05) is 10.9 Å². The van der Waals surface area contributed by atoms with Crippen molar-refractivity contribution in [3.05, 3.63) is 35.2 Å². The Hall–Kier alpha value is -2.39. The summed E-state index contributed by atoms with van der Waals surface area (Å²) in [5, 5.41) is 13.8. The molecule has 26 heavy (non-hydrogen) atoms. The second kappa shape index (κ2) is 7.88. The number of nitrogens with zero attached hydrogens (tertiary/aromatic N) is 2. The number of piperidine rings is 1. The Balaban J connectivity index is 1.64. The number of aromatic nitrogens is 1. The summed E-state index contributed by atoms with van der Waals surface area (Å²) in [6.45, 7) is 0.527. The Kier molecular flexibility index (Phi) is 5.58. The van der Waals surface area contributed by atoms with Gasteiger partial charge < -0.3 is 10.4 Å². The number of thiazole rings is 1. The summed E-state index contributed by atoms with van der Waals surface area (Å²) >= 11 is 1.16. The first-order valence-electron chi connectivity index (χ1n) is 8.11. The predicted octanol–water partition coefficient (Wildman–Crippen LogP) is 2.97. The molecule has 1 aliphatic rings. The Morgan fingerprint density at radius 3 is 2.85 bits per heavy atom. The second-order valence-corrected chi connectivity index (χ2v) is 6.89. The lowest BCUT2D eigenvalue weighted by molar-refractivity contribution is -0.145. The number of halogens is 2. The molecule has 1 aliphatic heterocycles. The molecule has 1 fully saturated rings. The predicted molar refractivity (Wildman–Crippen MR) is 92.9 cm³/mol. The minimum atomic E-state index is -0.967. The summed E-state index contributed by atoms with van der Waals surface area (Å²) in [4.78, 5) is 29.3. The molecule has 1 amide bonds. The van der Waals surface area contributed by atoms with Crippen molar-refractivity contribution in [2.24, 2.45) is 0 Å². The van der Waals surface area contributed by atoms with Gasteiger partial charge in [-0.2, -0.15) is 0 Å². The van der Waals surface area contributed by atoms with Gasteiger partial charge in [-0.3, -0.25) is 14.5 Å². The number of carboxylic acids is 1. The zero-order valence-electron chi connectivity index (χ0n) is 13.7. The quantitative estimate of drug-likeness (QED) is 0.832. The third kappa shape index (κ3) is 4.23. The molecule has 2 aromatic rings. The van der Waals surface area contributed by atoms with Crippen molar-refractivity contribution >= 4 is 28.3 Å². The van der Waals surface area contributed by atoms with Crippen molar-refractivity contribution in [2.75, 3.05) is 18.4 Å². The summed E-state index contributed by atoms with van der Waals surface area (Å²) in [5.41, 5.74) is 0.827. The number of nitrogens with one attached hydrogen (secondary N) is 1. The van der Waals surface area contributed by atoms with E-state index in [0.717, 1.165) is 36.3 Å². The van der Waals surface area contributed by atoms with E-state index >= 15 is 0 Å². The maximum absolute atomic E-state index is 13.3. The molecular weight excluding hydrogens is 364 g/mol. The average Bonchev–Trinajstić information content (AvgIpc) is 3.06. The molecule has 2 heterocycles. The van der Waals surface area contributed by atoms with Gasteiger partial charge >= 0.3 is 5.97 Å². The molecule has 9 heteroatoms. The van der Waals surface area contributed by atoms with E-state index in [1.807, 2.05) is 0 Å². The molecule has 1 saturated heterocycles. The molecule has 1 aromatic heterocycles. The van der Waals surface area contributed by atoms with Gasteiger partial charge in [0.2, 0.25) is 5.91 Å². The molecule has 2 N–H and O–H groups in total. The van der Waals surface area contributed by atoms with Crippen molar-refractivity contribution in [2.45, 2.75) is 25.3 Å². The molecule has 1 atom stereocenters. The van der Waals surface area contributed by atoms with Crippen LogP contribution >= 0.6 is 11.3 Å². The number of aliphatic carboxylic acids is 1. The van der Waals surface area contributed by atoms with Gasteiger partial charge in [0.05, 0.1) is 12.2 Å². The molecule has 0 bridgehead atoms. The molecule has 1 unspecified atom stereocenters. The fourth-order valence-electron chi connectivity index (χ4n) is 2.92. The highest BCUT2D eigenvalue weighted by Crippen LogP contribution is 2.26. The Morgan fingerprint density at radius 2 is 2.12 bits per heavy atom. The van der Waals surface area contributed by atoms with Gasteiger partial charge in [0.25, 0.3) is 0 Å². The van der Waals surface area contributed by atoms with Crippen molar-refractivity contribution in [3.8, 4) is 11.3 Å². The second-order valence-electron chi connectivity index (χ2n) is 6.04. The minimum Gasteiger partial charge on any atom is -0.480 e. The zero-order chi connectivity index (χ0) is 18.7. The number of hydrogen-bond acceptors (Lipinski definition) is 5. The molecule has 0 spiro atoms. The third-order valence-electron chi connectivity index (χ3n) is 4.21. The summed E-state index contributed by atoms with van der Waals surface area (Å²) in [6.07, 6.45) is 2.22. The average molecular weight is 381 g/mol. The lowest BCUT2D eigenvalue weighted by atomic mass is 10.0. The number of anilines is 1. The maximum Gasteiger partial charge on any atom is 0.320 e. The lowest BCUT2D eigenvalue weighted by Gasteiger charge is -2.31.